The van der Waals surface area contributed by atoms with E-state index in [9.17, 15) is 13.2 Å². The third kappa shape index (κ3) is 2.85. The molecule has 0 spiro atoms. The van der Waals surface area contributed by atoms with Gasteiger partial charge >= 0.3 is 6.18 Å². The van der Waals surface area contributed by atoms with Crippen molar-refractivity contribution in [1.29, 1.82) is 0 Å². The van der Waals surface area contributed by atoms with Gasteiger partial charge in [0.15, 0.2) is 0 Å². The smallest absolute Gasteiger partial charge is 0.171 e. The Labute approximate surface area is 73.0 Å². The van der Waals surface area contributed by atoms with Crippen LogP contribution in [0.3, 0.4) is 0 Å². The molecule has 12 heavy (non-hydrogen) atoms. The van der Waals surface area contributed by atoms with Gasteiger partial charge in [-0.25, -0.2) is 0 Å². The molecule has 1 aromatic heterocycles. The third-order valence-electron chi connectivity index (χ3n) is 1.44. The molecule has 1 rings (SSSR count). The van der Waals surface area contributed by atoms with Crippen LogP contribution in [-0.2, 0) is 12.8 Å². The van der Waals surface area contributed by atoms with Crippen molar-refractivity contribution >= 4 is 11.3 Å². The first-order chi connectivity index (χ1) is 5.51. The fraction of sp³-hybridized carbons (Fsp3) is 0.500. The minimum atomic E-state index is -4.07. The molecular weight excluding hydrogens is 185 g/mol. The van der Waals surface area contributed by atoms with Crippen LogP contribution in [0.15, 0.2) is 12.1 Å². The van der Waals surface area contributed by atoms with Gasteiger partial charge in [-0.05, 0) is 18.6 Å². The Morgan fingerprint density at radius 2 is 1.83 bits per heavy atom. The lowest BCUT2D eigenvalue weighted by atomic mass is 10.3. The van der Waals surface area contributed by atoms with E-state index < -0.39 is 12.6 Å². The topological polar surface area (TPSA) is 0 Å². The zero-order valence-electron chi connectivity index (χ0n) is 6.61. The van der Waals surface area contributed by atoms with E-state index in [1.807, 2.05) is 6.92 Å². The molecule has 0 radical (unpaired) electrons. The first-order valence-electron chi connectivity index (χ1n) is 3.65. The minimum absolute atomic E-state index is 0.402. The lowest BCUT2D eigenvalue weighted by Crippen LogP contribution is -2.09. The normalized spacial score (nSPS) is 12.0. The number of rotatable bonds is 2. The van der Waals surface area contributed by atoms with Gasteiger partial charge in [-0.1, -0.05) is 6.92 Å². The number of aryl methyl sites for hydroxylation is 1. The summed E-state index contributed by atoms with van der Waals surface area (Å²) in [7, 11) is 0. The van der Waals surface area contributed by atoms with Crippen LogP contribution in [-0.4, -0.2) is 6.18 Å². The van der Waals surface area contributed by atoms with Crippen molar-refractivity contribution in [2.45, 2.75) is 25.9 Å². The van der Waals surface area contributed by atoms with Crippen molar-refractivity contribution in [3.63, 3.8) is 0 Å². The van der Waals surface area contributed by atoms with E-state index in [0.717, 1.165) is 11.3 Å². The highest BCUT2D eigenvalue weighted by Crippen LogP contribution is 2.26. The van der Waals surface area contributed by atoms with Crippen molar-refractivity contribution in [2.75, 3.05) is 0 Å². The monoisotopic (exact) mass is 194 g/mol. The van der Waals surface area contributed by atoms with Gasteiger partial charge in [0.25, 0.3) is 0 Å². The summed E-state index contributed by atoms with van der Waals surface area (Å²) in [6.07, 6.45) is -4.06. The Morgan fingerprint density at radius 1 is 1.25 bits per heavy atom. The average Bonchev–Trinajstić information content (AvgIpc) is 2.32. The summed E-state index contributed by atoms with van der Waals surface area (Å²) in [5, 5.41) is 0. The maximum atomic E-state index is 11.9. The van der Waals surface area contributed by atoms with E-state index in [-0.39, 0.29) is 0 Å². The second kappa shape index (κ2) is 3.47. The molecule has 0 nitrogen and oxygen atoms in total. The van der Waals surface area contributed by atoms with Gasteiger partial charge < -0.3 is 0 Å². The van der Waals surface area contributed by atoms with Gasteiger partial charge in [0.05, 0.1) is 6.42 Å². The van der Waals surface area contributed by atoms with Crippen LogP contribution in [0.5, 0.6) is 0 Å². The Hall–Kier alpha value is -0.510. The number of hydrogen-bond donors (Lipinski definition) is 0. The lowest BCUT2D eigenvalue weighted by molar-refractivity contribution is -0.126. The molecule has 0 aromatic carbocycles. The summed E-state index contributed by atoms with van der Waals surface area (Å²) in [6, 6.07) is 3.31. The highest BCUT2D eigenvalue weighted by Gasteiger charge is 2.28. The van der Waals surface area contributed by atoms with E-state index in [1.165, 1.54) is 11.3 Å². The van der Waals surface area contributed by atoms with Gasteiger partial charge in [0, 0.05) is 9.75 Å². The first kappa shape index (κ1) is 9.58. The van der Waals surface area contributed by atoms with E-state index >= 15 is 0 Å². The molecule has 68 valence electrons. The predicted octanol–water partition coefficient (Wildman–Crippen LogP) is 3.42. The molecule has 0 saturated heterocycles. The van der Waals surface area contributed by atoms with Gasteiger partial charge in [0.2, 0.25) is 0 Å². The summed E-state index contributed by atoms with van der Waals surface area (Å²) in [4.78, 5) is 1.41. The van der Waals surface area contributed by atoms with Crippen molar-refractivity contribution in [1.82, 2.24) is 0 Å². The molecule has 0 fully saturated rings. The van der Waals surface area contributed by atoms with E-state index in [1.54, 1.807) is 12.1 Å². The molecule has 0 N–H and O–H groups in total. The van der Waals surface area contributed by atoms with Crippen molar-refractivity contribution < 1.29 is 13.2 Å². The highest BCUT2D eigenvalue weighted by atomic mass is 32.1. The maximum Gasteiger partial charge on any atom is 0.393 e. The highest BCUT2D eigenvalue weighted by molar-refractivity contribution is 7.11. The largest absolute Gasteiger partial charge is 0.393 e. The minimum Gasteiger partial charge on any atom is -0.171 e. The SMILES string of the molecule is CCc1ccc(CC(F)(F)F)s1. The van der Waals surface area contributed by atoms with E-state index in [4.69, 9.17) is 0 Å². The Morgan fingerprint density at radius 3 is 2.25 bits per heavy atom. The maximum absolute atomic E-state index is 11.9. The zero-order chi connectivity index (χ0) is 9.19. The summed E-state index contributed by atoms with van der Waals surface area (Å²) in [5.41, 5.74) is 0. The van der Waals surface area contributed by atoms with Gasteiger partial charge in [-0.3, -0.25) is 0 Å². The van der Waals surface area contributed by atoms with Crippen LogP contribution in [0.4, 0.5) is 13.2 Å². The molecule has 0 aliphatic heterocycles. The molecule has 1 heterocycles. The second-order valence-corrected chi connectivity index (χ2v) is 3.77. The molecular formula is C8H9F3S. The van der Waals surface area contributed by atoms with Crippen LogP contribution >= 0.6 is 11.3 Å². The first-order valence-corrected chi connectivity index (χ1v) is 4.47. The van der Waals surface area contributed by atoms with Crippen molar-refractivity contribution in [3.8, 4) is 0 Å². The summed E-state index contributed by atoms with van der Waals surface area (Å²) in [6.45, 7) is 1.93. The molecule has 0 aliphatic carbocycles. The van der Waals surface area contributed by atoms with Gasteiger partial charge in [-0.15, -0.1) is 11.3 Å². The Balaban J connectivity index is 2.64. The fourth-order valence-corrected chi connectivity index (χ4v) is 1.89. The zero-order valence-corrected chi connectivity index (χ0v) is 7.43. The molecule has 0 bridgehead atoms. The second-order valence-electron chi connectivity index (χ2n) is 2.51. The molecule has 1 aromatic rings. The quantitative estimate of drug-likeness (QED) is 0.676. The third-order valence-corrected chi connectivity index (χ3v) is 2.67. The molecule has 0 unspecified atom stereocenters. The van der Waals surface area contributed by atoms with Crippen LogP contribution in [0.1, 0.15) is 16.7 Å². The number of thiophene rings is 1. The Kier molecular flexibility index (Phi) is 2.77. The number of alkyl halides is 3. The van der Waals surface area contributed by atoms with Crippen molar-refractivity contribution in [2.24, 2.45) is 0 Å². The molecule has 4 heteroatoms. The fourth-order valence-electron chi connectivity index (χ4n) is 0.905. The van der Waals surface area contributed by atoms with Gasteiger partial charge in [-0.2, -0.15) is 13.2 Å². The standard InChI is InChI=1S/C8H9F3S/c1-2-6-3-4-7(12-6)5-8(9,10)11/h3-4H,2,5H2,1H3. The van der Waals surface area contributed by atoms with Crippen molar-refractivity contribution in [3.05, 3.63) is 21.9 Å². The van der Waals surface area contributed by atoms with Crippen LogP contribution in [0, 0.1) is 0 Å². The lowest BCUT2D eigenvalue weighted by Gasteiger charge is -2.02. The van der Waals surface area contributed by atoms with Crippen LogP contribution < -0.4 is 0 Å². The number of hydrogen-bond acceptors (Lipinski definition) is 1. The van der Waals surface area contributed by atoms with Crippen LogP contribution in [0.2, 0.25) is 0 Å². The molecule has 0 atom stereocenters. The summed E-state index contributed by atoms with van der Waals surface area (Å²) >= 11 is 1.24. The molecule has 0 aliphatic rings. The van der Waals surface area contributed by atoms with Crippen LogP contribution in [0.25, 0.3) is 0 Å². The summed E-state index contributed by atoms with van der Waals surface area (Å²) in [5.74, 6) is 0. The average molecular weight is 194 g/mol. The molecule has 0 saturated carbocycles. The predicted molar refractivity (Wildman–Crippen MR) is 43.5 cm³/mol. The Bertz CT molecular complexity index is 249. The summed E-state index contributed by atoms with van der Waals surface area (Å²) < 4.78 is 35.6. The molecule has 0 amide bonds. The van der Waals surface area contributed by atoms with E-state index in [2.05, 4.69) is 0 Å². The number of halogens is 3. The van der Waals surface area contributed by atoms with E-state index in [0.29, 0.717) is 4.88 Å². The van der Waals surface area contributed by atoms with Gasteiger partial charge in [0.1, 0.15) is 0 Å².